The van der Waals surface area contributed by atoms with Crippen LogP contribution in [0.2, 0.25) is 5.02 Å². The van der Waals surface area contributed by atoms with Crippen LogP contribution >= 0.6 is 22.9 Å². The summed E-state index contributed by atoms with van der Waals surface area (Å²) in [4.78, 5) is 32.1. The number of halogens is 1. The number of aromatic nitrogens is 1. The highest BCUT2D eigenvalue weighted by atomic mass is 35.5. The lowest BCUT2D eigenvalue weighted by molar-refractivity contribution is -0.136. The van der Waals surface area contributed by atoms with E-state index in [4.69, 9.17) is 26.1 Å². The van der Waals surface area contributed by atoms with E-state index in [0.717, 1.165) is 28.0 Å². The number of esters is 1. The zero-order valence-electron chi connectivity index (χ0n) is 22.8. The van der Waals surface area contributed by atoms with Gasteiger partial charge >= 0.3 is 5.97 Å². The topological polar surface area (TPSA) is 69.9 Å². The zero-order valence-corrected chi connectivity index (χ0v) is 24.4. The maximum absolute atomic E-state index is 13.9. The van der Waals surface area contributed by atoms with Crippen molar-refractivity contribution in [2.24, 2.45) is 4.99 Å². The van der Waals surface area contributed by atoms with Gasteiger partial charge in [0.05, 0.1) is 29.0 Å². The van der Waals surface area contributed by atoms with Gasteiger partial charge in [0, 0.05) is 10.6 Å². The van der Waals surface area contributed by atoms with Crippen molar-refractivity contribution in [3.63, 3.8) is 0 Å². The molecule has 1 aliphatic rings. The van der Waals surface area contributed by atoms with Crippen molar-refractivity contribution in [1.82, 2.24) is 4.57 Å². The number of ether oxygens (including phenoxy) is 2. The fraction of sp³-hybridized carbons (Fsp3) is 0.182. The van der Waals surface area contributed by atoms with Gasteiger partial charge in [0.15, 0.2) is 4.80 Å². The van der Waals surface area contributed by atoms with Gasteiger partial charge in [-0.2, -0.15) is 0 Å². The molecule has 1 aromatic heterocycles. The van der Waals surface area contributed by atoms with E-state index in [1.165, 1.54) is 18.4 Å². The molecule has 3 aromatic carbocycles. The summed E-state index contributed by atoms with van der Waals surface area (Å²) in [5.74, 6) is 0.234. The van der Waals surface area contributed by atoms with Crippen LogP contribution < -0.4 is 19.6 Å². The number of rotatable bonds is 9. The smallest absolute Gasteiger partial charge is 0.338 e. The molecule has 0 fully saturated rings. The lowest BCUT2D eigenvalue weighted by Gasteiger charge is -2.25. The fourth-order valence-corrected chi connectivity index (χ4v) is 6.09. The molecule has 2 heterocycles. The Balaban J connectivity index is 1.57. The number of carbonyl (C=O) groups is 1. The maximum atomic E-state index is 13.9. The number of methoxy groups -OCH3 is 1. The number of thiazole rings is 1. The minimum absolute atomic E-state index is 0.219. The monoisotopic (exact) mass is 584 g/mol. The summed E-state index contributed by atoms with van der Waals surface area (Å²) < 4.78 is 13.4. The summed E-state index contributed by atoms with van der Waals surface area (Å²) >= 11 is 7.60. The molecule has 208 valence electrons. The number of nitrogens with zero attached hydrogens (tertiary/aromatic N) is 2. The van der Waals surface area contributed by atoms with E-state index in [1.807, 2.05) is 91.9 Å². The summed E-state index contributed by atoms with van der Waals surface area (Å²) in [6.45, 7) is 6.16. The van der Waals surface area contributed by atoms with E-state index < -0.39 is 12.0 Å². The van der Waals surface area contributed by atoms with Gasteiger partial charge in [0.2, 0.25) is 0 Å². The Labute approximate surface area is 247 Å². The molecule has 1 atom stereocenters. The van der Waals surface area contributed by atoms with Crippen LogP contribution in [-0.4, -0.2) is 17.6 Å². The molecule has 6 nitrogen and oxygen atoms in total. The van der Waals surface area contributed by atoms with Crippen molar-refractivity contribution in [1.29, 1.82) is 0 Å². The van der Waals surface area contributed by atoms with Crippen LogP contribution in [0.4, 0.5) is 0 Å². The van der Waals surface area contributed by atoms with Crippen LogP contribution in [0.5, 0.6) is 5.75 Å². The molecule has 0 spiro atoms. The first-order valence-electron chi connectivity index (χ1n) is 13.2. The van der Waals surface area contributed by atoms with E-state index in [2.05, 4.69) is 6.58 Å². The molecule has 8 heteroatoms. The van der Waals surface area contributed by atoms with Crippen molar-refractivity contribution in [3.05, 3.63) is 144 Å². The predicted octanol–water partition coefficient (Wildman–Crippen LogP) is 5.76. The van der Waals surface area contributed by atoms with Gasteiger partial charge in [-0.1, -0.05) is 90.5 Å². The molecule has 1 aliphatic heterocycles. The highest BCUT2D eigenvalue weighted by molar-refractivity contribution is 7.07. The Bertz CT molecular complexity index is 1820. The fourth-order valence-electron chi connectivity index (χ4n) is 4.88. The average molecular weight is 585 g/mol. The van der Waals surface area contributed by atoms with Crippen LogP contribution in [-0.2, 0) is 22.6 Å². The lowest BCUT2D eigenvalue weighted by atomic mass is 9.95. The first kappa shape index (κ1) is 28.3. The number of benzene rings is 3. The normalized spacial score (nSPS) is 14.8. The van der Waals surface area contributed by atoms with Gasteiger partial charge in [-0.15, -0.1) is 6.58 Å². The average Bonchev–Trinajstić information content (AvgIpc) is 3.30. The third kappa shape index (κ3) is 5.82. The largest absolute Gasteiger partial charge is 0.489 e. The number of hydrogen-bond donors (Lipinski definition) is 0. The highest BCUT2D eigenvalue weighted by Crippen LogP contribution is 2.31. The molecule has 41 heavy (non-hydrogen) atoms. The molecule has 0 aliphatic carbocycles. The SMILES string of the molecule is C=CCc1cc(/C=c2\sc3n(c2=O)[C@@H](c2ccccc2)C(C(=O)OC)=C(CC)N=3)ccc1OCc1ccccc1Cl. The van der Waals surface area contributed by atoms with Gasteiger partial charge in [-0.3, -0.25) is 9.36 Å². The molecule has 0 radical (unpaired) electrons. The second kappa shape index (κ2) is 12.5. The minimum atomic E-state index is -0.631. The van der Waals surface area contributed by atoms with Crippen molar-refractivity contribution in [3.8, 4) is 5.75 Å². The Morgan fingerprint density at radius 3 is 2.56 bits per heavy atom. The van der Waals surface area contributed by atoms with Crippen molar-refractivity contribution in [2.45, 2.75) is 32.4 Å². The number of hydrogen-bond acceptors (Lipinski definition) is 6. The zero-order chi connectivity index (χ0) is 28.9. The summed E-state index contributed by atoms with van der Waals surface area (Å²) in [5.41, 5.74) is 4.28. The Hall–Kier alpha value is -4.20. The summed E-state index contributed by atoms with van der Waals surface area (Å²) in [6, 6.07) is 22.3. The number of fused-ring (bicyclic) bond motifs is 1. The van der Waals surface area contributed by atoms with E-state index in [-0.39, 0.29) is 5.56 Å². The Kier molecular flexibility index (Phi) is 8.67. The number of allylic oxidation sites excluding steroid dienone is 2. The standard InChI is InChI=1S/C33H29ClN2O4S/c1-4-11-23-18-21(16-17-27(23)40-20-24-14-9-10-15-25(24)34)19-28-31(37)36-30(22-12-7-6-8-13-22)29(32(38)39-3)26(5-2)35-33(36)41-28/h4,6-10,12-19,30H,1,5,11,20H2,2-3H3/b28-19-/t30-/m0/s1. The molecular weight excluding hydrogens is 556 g/mol. The van der Waals surface area contributed by atoms with Crippen molar-refractivity contribution >= 4 is 35.0 Å². The second-order valence-electron chi connectivity index (χ2n) is 9.44. The molecule has 5 rings (SSSR count). The van der Waals surface area contributed by atoms with Crippen LogP contribution in [0.3, 0.4) is 0 Å². The summed E-state index contributed by atoms with van der Waals surface area (Å²) in [5, 5.41) is 0.653. The quantitative estimate of drug-likeness (QED) is 0.185. The van der Waals surface area contributed by atoms with Crippen LogP contribution in [0.1, 0.15) is 41.6 Å². The van der Waals surface area contributed by atoms with Gasteiger partial charge < -0.3 is 9.47 Å². The van der Waals surface area contributed by atoms with Gasteiger partial charge in [-0.25, -0.2) is 9.79 Å². The van der Waals surface area contributed by atoms with E-state index in [1.54, 1.807) is 4.57 Å². The predicted molar refractivity (Wildman–Crippen MR) is 163 cm³/mol. The van der Waals surface area contributed by atoms with E-state index in [9.17, 15) is 9.59 Å². The highest BCUT2D eigenvalue weighted by Gasteiger charge is 2.33. The van der Waals surface area contributed by atoms with Gasteiger partial charge in [0.25, 0.3) is 5.56 Å². The van der Waals surface area contributed by atoms with E-state index >= 15 is 0 Å². The minimum Gasteiger partial charge on any atom is -0.489 e. The third-order valence-electron chi connectivity index (χ3n) is 6.85. The molecular formula is C33H29ClN2O4S. The van der Waals surface area contributed by atoms with Crippen molar-refractivity contribution < 1.29 is 14.3 Å². The molecule has 0 unspecified atom stereocenters. The Morgan fingerprint density at radius 2 is 1.85 bits per heavy atom. The van der Waals surface area contributed by atoms with Gasteiger partial charge in [0.1, 0.15) is 12.4 Å². The van der Waals surface area contributed by atoms with Gasteiger partial charge in [-0.05, 0) is 53.8 Å². The molecule has 4 aromatic rings. The first-order valence-corrected chi connectivity index (χ1v) is 14.4. The van der Waals surface area contributed by atoms with Crippen LogP contribution in [0.25, 0.3) is 6.08 Å². The lowest BCUT2D eigenvalue weighted by Crippen LogP contribution is -2.40. The van der Waals surface area contributed by atoms with E-state index in [0.29, 0.717) is 45.1 Å². The van der Waals surface area contributed by atoms with Crippen molar-refractivity contribution in [2.75, 3.05) is 7.11 Å². The molecule has 0 N–H and O–H groups in total. The summed E-state index contributed by atoms with van der Waals surface area (Å²) in [7, 11) is 1.35. The Morgan fingerprint density at radius 1 is 1.10 bits per heavy atom. The first-order chi connectivity index (χ1) is 19.9. The number of carbonyl (C=O) groups excluding carboxylic acids is 1. The molecule has 0 amide bonds. The van der Waals surface area contributed by atoms with Crippen LogP contribution in [0.15, 0.2) is 107 Å². The maximum Gasteiger partial charge on any atom is 0.338 e. The molecule has 0 saturated heterocycles. The second-order valence-corrected chi connectivity index (χ2v) is 10.9. The molecule has 0 saturated carbocycles. The third-order valence-corrected chi connectivity index (χ3v) is 8.20. The molecule has 0 bridgehead atoms. The van der Waals surface area contributed by atoms with Crippen LogP contribution in [0, 0.1) is 0 Å². The summed E-state index contributed by atoms with van der Waals surface area (Å²) in [6.07, 6.45) is 4.79.